The molecule has 0 saturated carbocycles. The summed E-state index contributed by atoms with van der Waals surface area (Å²) in [5.74, 6) is 1.32. The van der Waals surface area contributed by atoms with E-state index < -0.39 is 0 Å². The Hall–Kier alpha value is -1.09. The molecule has 0 bridgehead atoms. The zero-order chi connectivity index (χ0) is 13.4. The smallest absolute Gasteiger partial charge is 0.218 e. The summed E-state index contributed by atoms with van der Waals surface area (Å²) in [6.07, 6.45) is 6.65. The first-order valence-corrected chi connectivity index (χ1v) is 7.02. The Kier molecular flexibility index (Phi) is 6.73. The number of hydrogen-bond acceptors (Lipinski definition) is 3. The maximum Gasteiger partial charge on any atom is 0.218 e. The Morgan fingerprint density at radius 1 is 1.39 bits per heavy atom. The largest absolute Gasteiger partial charge is 0.477 e. The Morgan fingerprint density at radius 2 is 2.17 bits per heavy atom. The highest BCUT2D eigenvalue weighted by Crippen LogP contribution is 2.22. The average Bonchev–Trinajstić information content (AvgIpc) is 2.39. The van der Waals surface area contributed by atoms with E-state index in [9.17, 15) is 0 Å². The van der Waals surface area contributed by atoms with Crippen molar-refractivity contribution in [3.63, 3.8) is 0 Å². The lowest BCUT2D eigenvalue weighted by atomic mass is 10.0. The molecule has 0 amide bonds. The van der Waals surface area contributed by atoms with Gasteiger partial charge in [-0.3, -0.25) is 0 Å². The monoisotopic (exact) mass is 250 g/mol. The topological polar surface area (TPSA) is 48.1 Å². The van der Waals surface area contributed by atoms with Gasteiger partial charge in [-0.05, 0) is 25.3 Å². The maximum atomic E-state index is 5.91. The first-order chi connectivity index (χ1) is 8.69. The minimum absolute atomic E-state index is 0.0376. The van der Waals surface area contributed by atoms with Gasteiger partial charge in [0.05, 0.1) is 6.61 Å². The summed E-state index contributed by atoms with van der Waals surface area (Å²) in [4.78, 5) is 4.28. The van der Waals surface area contributed by atoms with Crippen molar-refractivity contribution < 1.29 is 4.74 Å². The Labute approximate surface area is 111 Å². The molecule has 1 rings (SSSR count). The Balaban J connectivity index is 2.56. The molecule has 1 heterocycles. The van der Waals surface area contributed by atoms with E-state index in [1.807, 2.05) is 19.1 Å². The van der Waals surface area contributed by atoms with Gasteiger partial charge in [0.1, 0.15) is 0 Å². The second-order valence-corrected chi connectivity index (χ2v) is 4.91. The van der Waals surface area contributed by atoms with Crippen LogP contribution in [0.5, 0.6) is 5.88 Å². The van der Waals surface area contributed by atoms with Gasteiger partial charge in [0.15, 0.2) is 0 Å². The molecule has 18 heavy (non-hydrogen) atoms. The van der Waals surface area contributed by atoms with Crippen LogP contribution in [0, 0.1) is 5.92 Å². The predicted molar refractivity (Wildman–Crippen MR) is 75.6 cm³/mol. The molecule has 0 aliphatic carbocycles. The fourth-order valence-corrected chi connectivity index (χ4v) is 1.97. The number of rotatable bonds is 8. The Bertz CT molecular complexity index is 339. The summed E-state index contributed by atoms with van der Waals surface area (Å²) in [7, 11) is 0. The second kappa shape index (κ2) is 8.09. The quantitative estimate of drug-likeness (QED) is 0.765. The Morgan fingerprint density at radius 3 is 2.78 bits per heavy atom. The summed E-state index contributed by atoms with van der Waals surface area (Å²) in [6, 6.07) is 3.85. The van der Waals surface area contributed by atoms with Crippen molar-refractivity contribution in [1.29, 1.82) is 0 Å². The van der Waals surface area contributed by atoms with E-state index in [1.54, 1.807) is 6.20 Å². The third-order valence-electron chi connectivity index (χ3n) is 3.29. The van der Waals surface area contributed by atoms with Crippen LogP contribution in [0.25, 0.3) is 0 Å². The molecular formula is C15H26N2O. The van der Waals surface area contributed by atoms with Gasteiger partial charge < -0.3 is 10.5 Å². The van der Waals surface area contributed by atoms with E-state index in [-0.39, 0.29) is 6.04 Å². The van der Waals surface area contributed by atoms with Crippen molar-refractivity contribution >= 4 is 0 Å². The van der Waals surface area contributed by atoms with Crippen LogP contribution in [0.3, 0.4) is 0 Å². The van der Waals surface area contributed by atoms with Crippen LogP contribution in [-0.4, -0.2) is 11.6 Å². The van der Waals surface area contributed by atoms with Crippen molar-refractivity contribution in [3.8, 4) is 5.88 Å². The molecule has 0 aliphatic rings. The molecule has 102 valence electrons. The van der Waals surface area contributed by atoms with Crippen molar-refractivity contribution in [2.75, 3.05) is 6.61 Å². The van der Waals surface area contributed by atoms with Gasteiger partial charge in [0.2, 0.25) is 5.88 Å². The van der Waals surface area contributed by atoms with E-state index >= 15 is 0 Å². The SMILES string of the molecule is CCCCC(CC)COc1ncccc1[C@@H](C)N. The molecule has 3 heteroatoms. The van der Waals surface area contributed by atoms with Gasteiger partial charge in [-0.15, -0.1) is 0 Å². The molecule has 2 N–H and O–H groups in total. The van der Waals surface area contributed by atoms with Gasteiger partial charge in [0, 0.05) is 17.8 Å². The summed E-state index contributed by atoms with van der Waals surface area (Å²) in [5.41, 5.74) is 6.90. The minimum atomic E-state index is -0.0376. The van der Waals surface area contributed by atoms with Gasteiger partial charge in [-0.1, -0.05) is 39.2 Å². The van der Waals surface area contributed by atoms with Crippen molar-refractivity contribution in [2.45, 2.75) is 52.5 Å². The number of nitrogens with zero attached hydrogens (tertiary/aromatic N) is 1. The maximum absolute atomic E-state index is 5.91. The lowest BCUT2D eigenvalue weighted by Gasteiger charge is -2.17. The zero-order valence-corrected chi connectivity index (χ0v) is 11.9. The fraction of sp³-hybridized carbons (Fsp3) is 0.667. The van der Waals surface area contributed by atoms with Crippen molar-refractivity contribution in [1.82, 2.24) is 4.98 Å². The summed E-state index contributed by atoms with van der Waals surface area (Å²) in [5, 5.41) is 0. The average molecular weight is 250 g/mol. The molecule has 0 spiro atoms. The first kappa shape index (κ1) is 15.0. The van der Waals surface area contributed by atoms with Gasteiger partial charge in [-0.2, -0.15) is 0 Å². The van der Waals surface area contributed by atoms with Crippen LogP contribution >= 0.6 is 0 Å². The number of unbranched alkanes of at least 4 members (excludes halogenated alkanes) is 1. The zero-order valence-electron chi connectivity index (χ0n) is 11.9. The molecular weight excluding hydrogens is 224 g/mol. The van der Waals surface area contributed by atoms with Crippen LogP contribution in [0.15, 0.2) is 18.3 Å². The van der Waals surface area contributed by atoms with Gasteiger partial charge in [0.25, 0.3) is 0 Å². The third kappa shape index (κ3) is 4.65. The lowest BCUT2D eigenvalue weighted by Crippen LogP contribution is -2.15. The number of nitrogens with two attached hydrogens (primary N) is 1. The molecule has 3 nitrogen and oxygen atoms in total. The molecule has 0 aliphatic heterocycles. The van der Waals surface area contributed by atoms with Crippen LogP contribution in [0.1, 0.15) is 58.1 Å². The number of ether oxygens (including phenoxy) is 1. The van der Waals surface area contributed by atoms with Crippen LogP contribution in [0.4, 0.5) is 0 Å². The van der Waals surface area contributed by atoms with E-state index in [4.69, 9.17) is 10.5 Å². The molecule has 1 unspecified atom stereocenters. The molecule has 2 atom stereocenters. The van der Waals surface area contributed by atoms with E-state index in [0.29, 0.717) is 11.8 Å². The molecule has 0 aromatic carbocycles. The normalized spacial score (nSPS) is 14.2. The fourth-order valence-electron chi connectivity index (χ4n) is 1.97. The van der Waals surface area contributed by atoms with Crippen LogP contribution in [0.2, 0.25) is 0 Å². The lowest BCUT2D eigenvalue weighted by molar-refractivity contribution is 0.223. The molecule has 1 aromatic rings. The first-order valence-electron chi connectivity index (χ1n) is 7.02. The highest BCUT2D eigenvalue weighted by atomic mass is 16.5. The summed E-state index contributed by atoms with van der Waals surface area (Å²) < 4.78 is 5.86. The van der Waals surface area contributed by atoms with Gasteiger partial charge >= 0.3 is 0 Å². The molecule has 0 saturated heterocycles. The number of aromatic nitrogens is 1. The minimum Gasteiger partial charge on any atom is -0.477 e. The van der Waals surface area contributed by atoms with Crippen molar-refractivity contribution in [3.05, 3.63) is 23.9 Å². The van der Waals surface area contributed by atoms with E-state index in [0.717, 1.165) is 18.6 Å². The standard InChI is InChI=1S/C15H26N2O/c1-4-6-8-13(5-2)11-18-15-14(12(3)16)9-7-10-17-15/h7,9-10,12-13H,4-6,8,11,16H2,1-3H3/t12-,13?/m1/s1. The van der Waals surface area contributed by atoms with E-state index in [1.165, 1.54) is 19.3 Å². The summed E-state index contributed by atoms with van der Waals surface area (Å²) >= 11 is 0. The third-order valence-corrected chi connectivity index (χ3v) is 3.29. The number of hydrogen-bond donors (Lipinski definition) is 1. The van der Waals surface area contributed by atoms with Crippen LogP contribution < -0.4 is 10.5 Å². The van der Waals surface area contributed by atoms with Crippen LogP contribution in [-0.2, 0) is 0 Å². The highest BCUT2D eigenvalue weighted by molar-refractivity contribution is 5.28. The highest BCUT2D eigenvalue weighted by Gasteiger charge is 2.11. The number of pyridine rings is 1. The summed E-state index contributed by atoms with van der Waals surface area (Å²) in [6.45, 7) is 7.14. The van der Waals surface area contributed by atoms with E-state index in [2.05, 4.69) is 18.8 Å². The predicted octanol–water partition coefficient (Wildman–Crippen LogP) is 3.70. The molecule has 0 radical (unpaired) electrons. The second-order valence-electron chi connectivity index (χ2n) is 4.91. The molecule has 1 aromatic heterocycles. The van der Waals surface area contributed by atoms with Gasteiger partial charge in [-0.25, -0.2) is 4.98 Å². The molecule has 0 fully saturated rings. The van der Waals surface area contributed by atoms with Crippen molar-refractivity contribution in [2.24, 2.45) is 11.7 Å².